The van der Waals surface area contributed by atoms with Crippen molar-refractivity contribution in [2.45, 2.75) is 93.8 Å². The number of ether oxygens (including phenoxy) is 1. The number of hydrogen-bond acceptors (Lipinski definition) is 3. The normalized spacial score (nSPS) is 13.5. The molecule has 4 heterocycles. The quantitative estimate of drug-likeness (QED) is 0.160. The van der Waals surface area contributed by atoms with Crippen molar-refractivity contribution < 1.29 is 24.1 Å². The number of pyridine rings is 1. The molecule has 15 rings (SSSR count). The van der Waals surface area contributed by atoms with E-state index in [-0.39, 0.29) is 16.2 Å². The van der Waals surface area contributed by atoms with E-state index >= 15 is 0 Å². The average Bonchev–Trinajstić information content (AvgIpc) is 1.49. The van der Waals surface area contributed by atoms with Crippen LogP contribution in [0.2, 0.25) is 0 Å². The molecule has 3 aromatic heterocycles. The molecular formula is C79H66N4OPtS. The first-order valence-corrected chi connectivity index (χ1v) is 31.8. The molecule has 0 saturated carbocycles. The number of rotatable bonds is 7. The monoisotopic (exact) mass is 1310 g/mol. The Morgan fingerprint density at radius 1 is 0.395 bits per heavy atom. The molecule has 424 valence electrons. The molecule has 86 heavy (non-hydrogen) atoms. The minimum absolute atomic E-state index is 0.0509. The number of fused-ring (bicyclic) bond motifs is 13. The third kappa shape index (κ3) is 8.61. The van der Waals surface area contributed by atoms with Gasteiger partial charge in [-0.1, -0.05) is 93.2 Å². The molecular weight excluding hydrogens is 1250 g/mol. The van der Waals surface area contributed by atoms with Gasteiger partial charge in [-0.15, -0.1) is 0 Å². The van der Waals surface area contributed by atoms with Crippen molar-refractivity contribution >= 4 is 44.6 Å². The van der Waals surface area contributed by atoms with Gasteiger partial charge >= 0.3 is 346 Å². The number of benzene rings is 10. The van der Waals surface area contributed by atoms with E-state index in [9.17, 15) is 0 Å². The Labute approximate surface area is 519 Å². The van der Waals surface area contributed by atoms with Crippen molar-refractivity contribution in [3.63, 3.8) is 0 Å². The summed E-state index contributed by atoms with van der Waals surface area (Å²) in [5, 5.41) is 2.31. The molecule has 5 nitrogen and oxygen atoms in total. The molecule has 10 aromatic carbocycles. The van der Waals surface area contributed by atoms with E-state index in [0.29, 0.717) is 0 Å². The topological polar surface area (TPSA) is 36.9 Å². The van der Waals surface area contributed by atoms with Crippen LogP contribution in [0.3, 0.4) is 0 Å². The number of aromatic nitrogens is 4. The molecule has 1 spiro atoms. The van der Waals surface area contributed by atoms with E-state index in [4.69, 9.17) is 9.72 Å². The van der Waals surface area contributed by atoms with Crippen molar-refractivity contribution in [2.75, 3.05) is 0 Å². The van der Waals surface area contributed by atoms with Gasteiger partial charge in [0.25, 0.3) is 0 Å². The Kier molecular flexibility index (Phi) is 12.6. The Balaban J connectivity index is 0.901. The van der Waals surface area contributed by atoms with Crippen LogP contribution in [0.1, 0.15) is 101 Å². The van der Waals surface area contributed by atoms with Gasteiger partial charge in [-0.2, -0.15) is 0 Å². The maximum absolute atomic E-state index is 7.12. The van der Waals surface area contributed by atoms with Gasteiger partial charge in [-0.3, -0.25) is 0 Å². The van der Waals surface area contributed by atoms with Crippen LogP contribution >= 0.6 is 11.8 Å². The summed E-state index contributed by atoms with van der Waals surface area (Å²) >= 11 is 4.43. The van der Waals surface area contributed by atoms with Gasteiger partial charge in [0.1, 0.15) is 0 Å². The predicted molar refractivity (Wildman–Crippen MR) is 353 cm³/mol. The Morgan fingerprint density at radius 3 is 1.65 bits per heavy atom. The molecule has 2 aliphatic rings. The number of para-hydroxylation sites is 3. The number of nitrogens with zero attached hydrogens (tertiary/aromatic N) is 4. The molecule has 13 aromatic rings. The second-order valence-electron chi connectivity index (χ2n) is 26.3. The van der Waals surface area contributed by atoms with Crippen LogP contribution < -0.4 is 4.74 Å². The fraction of sp³-hybridized carbons (Fsp3) is 0.165. The molecule has 0 atom stereocenters. The number of hydrogen-bond donors (Lipinski definition) is 0. The van der Waals surface area contributed by atoms with Crippen LogP contribution in [0.15, 0.2) is 247 Å². The van der Waals surface area contributed by atoms with Crippen LogP contribution in [-0.2, 0) is 41.0 Å². The first-order chi connectivity index (χ1) is 41.4. The van der Waals surface area contributed by atoms with E-state index in [0.717, 1.165) is 71.1 Å². The fourth-order valence-electron chi connectivity index (χ4n) is 13.6. The second kappa shape index (κ2) is 20.0. The Hall–Kier alpha value is -8.54. The standard InChI is InChI=1S/C79H66N4OS.Pt/c1-76(2,3)52-39-40-80-74(44-52)83-70-46-57(37-38-61(70)63-47-62-60-27-13-14-30-64(60)79(67(62)48-71(63)83)65-31-15-19-35-72(65)85-73-36-20-16-32-66(73)79)84-56-26-21-25-55(45-56)81-49-82(69-34-18-17-33-68(69)81)75-58(50-23-11-10-12-24-50)28-22-29-59(75)51-41-53(77(4,5)6)43-54(42-51)78(7,8)9;/h10-48H,1-9H3;. The molecule has 7 heteroatoms. The predicted octanol–water partition coefficient (Wildman–Crippen LogP) is 20.8. The van der Waals surface area contributed by atoms with Gasteiger partial charge in [0.05, 0.1) is 5.41 Å². The van der Waals surface area contributed by atoms with E-state index in [1.807, 2.05) is 18.0 Å². The van der Waals surface area contributed by atoms with E-state index in [1.165, 1.54) is 76.4 Å². The summed E-state index contributed by atoms with van der Waals surface area (Å²) in [6, 6.07) is 85.4. The summed E-state index contributed by atoms with van der Waals surface area (Å²) in [6.45, 7) is 20.7. The summed E-state index contributed by atoms with van der Waals surface area (Å²) in [4.78, 5) is 7.78. The maximum atomic E-state index is 7.12. The molecule has 1 aliphatic carbocycles. The zero-order valence-corrected chi connectivity index (χ0v) is 53.0. The molecule has 1 aliphatic heterocycles. The van der Waals surface area contributed by atoms with Crippen molar-refractivity contribution in [3.05, 3.63) is 279 Å². The molecule has 0 N–H and O–H groups in total. The van der Waals surface area contributed by atoms with Gasteiger partial charge < -0.3 is 0 Å². The first kappa shape index (κ1) is 54.1. The van der Waals surface area contributed by atoms with Gasteiger partial charge in [-0.05, 0) is 62.6 Å². The van der Waals surface area contributed by atoms with Crippen molar-refractivity contribution in [3.8, 4) is 62.1 Å². The summed E-state index contributed by atoms with van der Waals surface area (Å²) in [5.41, 5.74) is 22.1. The third-order valence-corrected chi connectivity index (χ3v) is 20.0. The van der Waals surface area contributed by atoms with Gasteiger partial charge in [-0.25, -0.2) is 0 Å². The number of imidazole rings is 1. The van der Waals surface area contributed by atoms with Gasteiger partial charge in [0.2, 0.25) is 0 Å². The van der Waals surface area contributed by atoms with Gasteiger partial charge in [0, 0.05) is 16.0 Å². The SMILES string of the molecule is CC(C)(C)c1cc(-c2cccc(-c3ccccc3)c2-n2[c](=[Pt])n(-c3cccc(Oc4ccc5c6cc7c(cc6n(-c6cc(C(C)(C)C)ccn6)c5c4)C4(c5ccccc5Sc5ccccc54)c4ccccc4-7)c3)c3ccccc32)cc(C(C)(C)C)c1. The Morgan fingerprint density at radius 2 is 0.965 bits per heavy atom. The average molecular weight is 1310 g/mol. The van der Waals surface area contributed by atoms with Crippen LogP contribution in [0, 0.1) is 3.80 Å². The molecule has 0 saturated heterocycles. The van der Waals surface area contributed by atoms with E-state index < -0.39 is 5.41 Å². The summed E-state index contributed by atoms with van der Waals surface area (Å²) in [7, 11) is 0. The molecule has 0 unspecified atom stereocenters. The van der Waals surface area contributed by atoms with Crippen molar-refractivity contribution in [1.29, 1.82) is 0 Å². The van der Waals surface area contributed by atoms with Crippen molar-refractivity contribution in [1.82, 2.24) is 18.7 Å². The third-order valence-electron chi connectivity index (χ3n) is 17.9. The van der Waals surface area contributed by atoms with Crippen molar-refractivity contribution in [2.24, 2.45) is 0 Å². The molecule has 0 radical (unpaired) electrons. The van der Waals surface area contributed by atoms with Crippen LogP contribution in [-0.4, -0.2) is 18.7 Å². The van der Waals surface area contributed by atoms with E-state index in [1.54, 1.807) is 0 Å². The zero-order chi connectivity index (χ0) is 59.0. The minimum atomic E-state index is -0.524. The summed E-state index contributed by atoms with van der Waals surface area (Å²) in [5.74, 6) is 2.35. The molecule has 0 fully saturated rings. The van der Waals surface area contributed by atoms with Crippen LogP contribution in [0.5, 0.6) is 11.5 Å². The molecule has 0 amide bonds. The van der Waals surface area contributed by atoms with E-state index in [2.05, 4.69) is 326 Å². The Bertz CT molecular complexity index is 4900. The first-order valence-electron chi connectivity index (χ1n) is 29.8. The molecule has 0 bridgehead atoms. The van der Waals surface area contributed by atoms with Crippen LogP contribution in [0.25, 0.3) is 83.4 Å². The second-order valence-corrected chi connectivity index (χ2v) is 28.4. The zero-order valence-electron chi connectivity index (χ0n) is 49.9. The summed E-state index contributed by atoms with van der Waals surface area (Å²) < 4.78 is 15.4. The van der Waals surface area contributed by atoms with Crippen LogP contribution in [0.4, 0.5) is 0 Å². The fourth-order valence-corrected chi connectivity index (χ4v) is 15.9. The van der Waals surface area contributed by atoms with Gasteiger partial charge in [0.15, 0.2) is 0 Å². The summed E-state index contributed by atoms with van der Waals surface area (Å²) in [6.07, 6.45) is 1.97.